The van der Waals surface area contributed by atoms with Gasteiger partial charge in [0.2, 0.25) is 0 Å². The van der Waals surface area contributed by atoms with Crippen molar-refractivity contribution in [1.82, 2.24) is 48.2 Å². The Hall–Kier alpha value is -17.7. The monoisotopic (exact) mass is 1950 g/mol. The van der Waals surface area contributed by atoms with E-state index >= 15 is 0 Å². The molecule has 0 radical (unpaired) electrons. The van der Waals surface area contributed by atoms with Crippen molar-refractivity contribution < 1.29 is 4.42 Å². The fourth-order valence-corrected chi connectivity index (χ4v) is 34.3. The summed E-state index contributed by atoms with van der Waals surface area (Å²) in [5, 5.41) is 22.7. The Bertz CT molecular complexity index is 9960. The molecule has 0 saturated heterocycles. The number of fused-ring (bicyclic) bond motifs is 30. The molecule has 3 aliphatic heterocycles. The van der Waals surface area contributed by atoms with Gasteiger partial charge in [0, 0.05) is 158 Å². The molecule has 19 aromatic carbocycles. The predicted octanol–water partition coefficient (Wildman–Crippen LogP) is 30.5. The number of furan rings is 1. The summed E-state index contributed by atoms with van der Waals surface area (Å²) in [4.78, 5) is 32.1. The lowest BCUT2D eigenvalue weighted by molar-refractivity contribution is 0.671. The minimum Gasteiger partial charge on any atom is -0.454 e. The number of hydrogen-bond acceptors (Lipinski definition) is 8. The molecule has 0 amide bonds. The lowest BCUT2D eigenvalue weighted by Crippen LogP contribution is -2.50. The van der Waals surface area contributed by atoms with Crippen LogP contribution >= 0.6 is 11.3 Å². The maximum absolute atomic E-state index is 6.56. The zero-order valence-corrected chi connectivity index (χ0v) is 85.3. The van der Waals surface area contributed by atoms with Gasteiger partial charge in [-0.05, 0) is 160 Å². The van der Waals surface area contributed by atoms with Crippen LogP contribution in [0.4, 0.5) is 0 Å². The van der Waals surface area contributed by atoms with Crippen LogP contribution in [0.5, 0.6) is 0 Å². The minimum absolute atomic E-state index is 0.768. The standard InChI is InChI=1S/C48H34N4Si.C42H29N3OSi.C42H29N3SSi/c1-53(2)42-24-14-11-21-39(42)43-44(31-15-5-3-6-16-31)49-47(50-48(43)53)32-25-27-34(28-26-32)52-41-23-13-10-20-36(41)38-30-29-37-35-19-9-12-22-40(35)51(45(37)46(38)52)33-17-7-4-8-18-33;2*1-47(2)36-19-11-8-16-33(36)37-38(26-12-4-3-5-13-26)43-41(44-42(37)47)27-20-22-28(23-21-27)45-34-17-9-6-14-29(34)31-24-25-32-30-15-7-10-18-35(30)46-40(32)39(31)45/h3-30H,1-2H3;2*3-25H,1-2H3. The molecule has 0 saturated carbocycles. The lowest BCUT2D eigenvalue weighted by atomic mass is 10.0. The average Bonchev–Trinajstić information content (AvgIpc) is 1.49. The molecule has 0 spiro atoms. The predicted molar refractivity (Wildman–Crippen MR) is 623 cm³/mol. The number of aromatic nitrogens is 10. The van der Waals surface area contributed by atoms with Crippen molar-refractivity contribution in [3.63, 3.8) is 0 Å². The number of thiophene rings is 1. The van der Waals surface area contributed by atoms with Crippen molar-refractivity contribution in [2.75, 3.05) is 0 Å². The van der Waals surface area contributed by atoms with Gasteiger partial charge in [0.15, 0.2) is 23.1 Å². The van der Waals surface area contributed by atoms with Gasteiger partial charge in [-0.25, -0.2) is 29.9 Å². The van der Waals surface area contributed by atoms with Crippen LogP contribution in [0.2, 0.25) is 39.3 Å². The highest BCUT2D eigenvalue weighted by atomic mass is 32.1. The molecular formula is C132H92N10OSSi3. The van der Waals surface area contributed by atoms with Crippen molar-refractivity contribution in [1.29, 1.82) is 0 Å². The van der Waals surface area contributed by atoms with E-state index in [2.05, 4.69) is 494 Å². The molecule has 147 heavy (non-hydrogen) atoms. The van der Waals surface area contributed by atoms with Crippen LogP contribution in [-0.4, -0.2) is 72.4 Å². The van der Waals surface area contributed by atoms with E-state index in [9.17, 15) is 0 Å². The summed E-state index contributed by atoms with van der Waals surface area (Å²) >= 11 is 1.88. The Morgan fingerprint density at radius 3 is 0.891 bits per heavy atom. The highest BCUT2D eigenvalue weighted by Crippen LogP contribution is 2.49. The Morgan fingerprint density at radius 2 is 0.497 bits per heavy atom. The molecule has 12 heterocycles. The minimum atomic E-state index is -2.06. The van der Waals surface area contributed by atoms with Gasteiger partial charge in [-0.2, -0.15) is 0 Å². The number of para-hydroxylation sites is 6. The summed E-state index contributed by atoms with van der Waals surface area (Å²) in [6, 6.07) is 161. The molecule has 15 heteroatoms. The van der Waals surface area contributed by atoms with Crippen LogP contribution in [0.25, 0.3) is 253 Å². The van der Waals surface area contributed by atoms with Crippen molar-refractivity contribution in [3.8, 4) is 124 Å². The van der Waals surface area contributed by atoms with Gasteiger partial charge in [-0.15, -0.1) is 11.3 Å². The van der Waals surface area contributed by atoms with Crippen molar-refractivity contribution >= 4 is 196 Å². The fraction of sp³-hybridized carbons (Fsp3) is 0.0455. The largest absolute Gasteiger partial charge is 0.454 e. The maximum atomic E-state index is 6.56. The van der Waals surface area contributed by atoms with E-state index in [1.165, 1.54) is 161 Å². The van der Waals surface area contributed by atoms with Crippen LogP contribution in [0.1, 0.15) is 0 Å². The quantitative estimate of drug-likeness (QED) is 0.125. The van der Waals surface area contributed by atoms with Crippen LogP contribution in [0, 0.1) is 0 Å². The Kier molecular flexibility index (Phi) is 19.4. The molecule has 3 aliphatic rings. The summed E-state index contributed by atoms with van der Waals surface area (Å²) < 4.78 is 18.9. The van der Waals surface area contributed by atoms with Crippen molar-refractivity contribution in [3.05, 3.63) is 449 Å². The highest BCUT2D eigenvalue weighted by Gasteiger charge is 2.45. The molecule has 28 aromatic rings. The normalized spacial score (nSPS) is 13.4. The van der Waals surface area contributed by atoms with Gasteiger partial charge >= 0.3 is 0 Å². The second kappa shape index (κ2) is 33.2. The zero-order valence-electron chi connectivity index (χ0n) is 81.5. The molecule has 694 valence electrons. The summed E-state index contributed by atoms with van der Waals surface area (Å²) in [6.07, 6.45) is 0. The summed E-state index contributed by atoms with van der Waals surface area (Å²) in [5.41, 5.74) is 32.7. The molecule has 0 unspecified atom stereocenters. The number of nitrogens with zero attached hydrogens (tertiary/aromatic N) is 10. The molecule has 11 nitrogen and oxygen atoms in total. The molecule has 0 bridgehead atoms. The number of rotatable bonds is 10. The average molecular weight is 1950 g/mol. The highest BCUT2D eigenvalue weighted by molar-refractivity contribution is 7.26. The van der Waals surface area contributed by atoms with Gasteiger partial charge in [0.05, 0.1) is 65.9 Å². The molecule has 9 aromatic heterocycles. The van der Waals surface area contributed by atoms with Crippen molar-refractivity contribution in [2.45, 2.75) is 39.3 Å². The van der Waals surface area contributed by atoms with E-state index < -0.39 is 24.2 Å². The number of hydrogen-bond donors (Lipinski definition) is 0. The van der Waals surface area contributed by atoms with Gasteiger partial charge in [-0.3, -0.25) is 0 Å². The third-order valence-corrected chi connectivity index (χ3v) is 42.4. The first-order valence-electron chi connectivity index (χ1n) is 50.5. The van der Waals surface area contributed by atoms with E-state index in [0.29, 0.717) is 0 Å². The first kappa shape index (κ1) is 86.0. The first-order valence-corrected chi connectivity index (χ1v) is 60.3. The summed E-state index contributed by atoms with van der Waals surface area (Å²) in [7, 11) is -6.11. The lowest BCUT2D eigenvalue weighted by Gasteiger charge is -2.19. The maximum Gasteiger partial charge on any atom is 0.160 e. The summed E-state index contributed by atoms with van der Waals surface area (Å²) in [6.45, 7) is 14.5. The zero-order chi connectivity index (χ0) is 97.8. The molecule has 0 fully saturated rings. The Balaban J connectivity index is 0.000000104. The molecule has 0 atom stereocenters. The van der Waals surface area contributed by atoms with Gasteiger partial charge in [-0.1, -0.05) is 361 Å². The van der Waals surface area contributed by atoms with Gasteiger partial charge < -0.3 is 22.7 Å². The van der Waals surface area contributed by atoms with Crippen molar-refractivity contribution in [2.24, 2.45) is 0 Å². The van der Waals surface area contributed by atoms with Crippen LogP contribution < -0.4 is 31.5 Å². The third kappa shape index (κ3) is 13.2. The second-order valence-electron chi connectivity index (χ2n) is 40.6. The van der Waals surface area contributed by atoms with E-state index in [4.69, 9.17) is 34.3 Å². The van der Waals surface area contributed by atoms with E-state index in [-0.39, 0.29) is 0 Å². The van der Waals surface area contributed by atoms with Gasteiger partial charge in [0.1, 0.15) is 29.8 Å². The molecule has 0 N–H and O–H groups in total. The van der Waals surface area contributed by atoms with E-state index in [1.807, 2.05) is 23.5 Å². The van der Waals surface area contributed by atoms with Crippen LogP contribution in [0.15, 0.2) is 453 Å². The van der Waals surface area contributed by atoms with Crippen LogP contribution in [0.3, 0.4) is 0 Å². The smallest absolute Gasteiger partial charge is 0.160 e. The molecular weight excluding hydrogens is 1860 g/mol. The van der Waals surface area contributed by atoms with Gasteiger partial charge in [0.25, 0.3) is 0 Å². The van der Waals surface area contributed by atoms with E-state index in [1.54, 1.807) is 0 Å². The number of benzene rings is 19. The fourth-order valence-electron chi connectivity index (χ4n) is 24.3. The topological polar surface area (TPSA) is 110 Å². The van der Waals surface area contributed by atoms with Crippen LogP contribution in [-0.2, 0) is 0 Å². The SMILES string of the molecule is C[Si]1(C)c2ccccc2-c2c(-c3ccccc3)nc(-c3ccc(-n4c5ccccc5c5ccc6c7ccccc7n(-c7ccccc7)c6c54)cc3)nc21.C[Si]1(C)c2ccccc2-c2c(-c3ccccc3)nc(-c3ccc(-n4c5ccccc5c5ccc6c7ccccc7oc6c54)cc3)nc21.C[Si]1(C)c2ccccc2-c2c(-c3ccccc3)nc(-c3ccc(-n4c5ccccc5c5ccc6c7ccccc7sc6c54)cc3)nc21. The first-order chi connectivity index (χ1) is 72.2. The third-order valence-electron chi connectivity index (χ3n) is 31.2. The summed E-state index contributed by atoms with van der Waals surface area (Å²) in [5.74, 6) is 2.33. The molecule has 31 rings (SSSR count). The molecule has 0 aliphatic carbocycles. The Labute approximate surface area is 854 Å². The Morgan fingerprint density at radius 1 is 0.211 bits per heavy atom. The van der Waals surface area contributed by atoms with E-state index in [0.717, 1.165) is 124 Å². The second-order valence-corrected chi connectivity index (χ2v) is 54.4.